The summed E-state index contributed by atoms with van der Waals surface area (Å²) in [7, 11) is 1.55. The first kappa shape index (κ1) is 21.5. The second kappa shape index (κ2) is 9.15. The molecule has 0 saturated carbocycles. The first-order chi connectivity index (χ1) is 15.0. The molecule has 2 aromatic carbocycles. The number of hydrogen-bond acceptors (Lipinski definition) is 6. The number of nitrogens with zero attached hydrogens (tertiary/aromatic N) is 3. The Morgan fingerprint density at radius 3 is 2.74 bits per heavy atom. The van der Waals surface area contributed by atoms with Gasteiger partial charge in [-0.1, -0.05) is 36.4 Å². The highest BCUT2D eigenvalue weighted by molar-refractivity contribution is 8.00. The molecule has 0 saturated heterocycles. The third-order valence-electron chi connectivity index (χ3n) is 4.88. The molecule has 1 aromatic heterocycles. The van der Waals surface area contributed by atoms with Gasteiger partial charge in [0, 0.05) is 12.1 Å². The molecular weight excluding hydrogens is 441 g/mol. The standard InChI is InChI=1S/C21H21ClFN5O2S/c1-3-4-17-25-26-21-28(17)27-18(12-5-10-16(30-2)15(22)11-12)19(31-21)20(29)24-14-8-6-13(23)7-9-14/h5-11,18-19,27H,3-4H2,1-2H3,(H,24,29)/t18-,19+/m0/s1. The van der Waals surface area contributed by atoms with Crippen LogP contribution < -0.4 is 15.5 Å². The molecule has 31 heavy (non-hydrogen) atoms. The topological polar surface area (TPSA) is 81.1 Å². The van der Waals surface area contributed by atoms with Crippen molar-refractivity contribution in [2.75, 3.05) is 17.9 Å². The summed E-state index contributed by atoms with van der Waals surface area (Å²) in [5.74, 6) is 0.742. The Morgan fingerprint density at radius 2 is 2.06 bits per heavy atom. The van der Waals surface area contributed by atoms with Crippen molar-refractivity contribution in [2.45, 2.75) is 36.2 Å². The highest BCUT2D eigenvalue weighted by atomic mass is 35.5. The Balaban J connectivity index is 1.68. The van der Waals surface area contributed by atoms with Gasteiger partial charge in [-0.05, 0) is 48.4 Å². The van der Waals surface area contributed by atoms with Gasteiger partial charge in [-0.3, -0.25) is 4.79 Å². The fourth-order valence-electron chi connectivity index (χ4n) is 3.36. The molecule has 2 N–H and O–H groups in total. The van der Waals surface area contributed by atoms with Crippen LogP contribution in [0.15, 0.2) is 47.6 Å². The Hall–Kier alpha value is -2.78. The maximum atomic E-state index is 13.2. The van der Waals surface area contributed by atoms with E-state index in [1.807, 2.05) is 10.7 Å². The van der Waals surface area contributed by atoms with Crippen molar-refractivity contribution in [3.8, 4) is 5.75 Å². The average Bonchev–Trinajstić information content (AvgIpc) is 3.16. The van der Waals surface area contributed by atoms with E-state index < -0.39 is 11.3 Å². The van der Waals surface area contributed by atoms with Crippen molar-refractivity contribution in [1.82, 2.24) is 14.9 Å². The summed E-state index contributed by atoms with van der Waals surface area (Å²) in [4.78, 5) is 13.2. The van der Waals surface area contributed by atoms with Gasteiger partial charge in [-0.25, -0.2) is 9.07 Å². The number of aromatic nitrogens is 3. The molecule has 4 rings (SSSR count). The van der Waals surface area contributed by atoms with E-state index in [4.69, 9.17) is 16.3 Å². The minimum atomic E-state index is -0.569. The van der Waals surface area contributed by atoms with Gasteiger partial charge in [0.1, 0.15) is 16.8 Å². The SMILES string of the molecule is CCCc1nnc2n1N[C@@H](c1ccc(OC)c(Cl)c1)[C@H](C(=O)Nc1ccc(F)cc1)S2. The highest BCUT2D eigenvalue weighted by Crippen LogP contribution is 2.39. The predicted molar refractivity (Wildman–Crippen MR) is 119 cm³/mol. The lowest BCUT2D eigenvalue weighted by atomic mass is 10.0. The number of carbonyl (C=O) groups excluding carboxylic acids is 1. The van der Waals surface area contributed by atoms with Crippen molar-refractivity contribution in [3.05, 3.63) is 64.7 Å². The van der Waals surface area contributed by atoms with E-state index in [-0.39, 0.29) is 11.7 Å². The number of ether oxygens (including phenoxy) is 1. The van der Waals surface area contributed by atoms with Crippen LogP contribution in [0.1, 0.15) is 30.8 Å². The van der Waals surface area contributed by atoms with E-state index in [9.17, 15) is 9.18 Å². The van der Waals surface area contributed by atoms with Crippen molar-refractivity contribution in [1.29, 1.82) is 0 Å². The molecule has 1 amide bonds. The first-order valence-electron chi connectivity index (χ1n) is 9.77. The quantitative estimate of drug-likeness (QED) is 0.565. The minimum absolute atomic E-state index is 0.243. The predicted octanol–water partition coefficient (Wildman–Crippen LogP) is 4.43. The highest BCUT2D eigenvalue weighted by Gasteiger charge is 2.38. The number of anilines is 1. The number of nitrogens with one attached hydrogen (secondary N) is 2. The number of rotatable bonds is 6. The lowest BCUT2D eigenvalue weighted by molar-refractivity contribution is -0.116. The number of benzene rings is 2. The normalized spacial score (nSPS) is 17.5. The number of fused-ring (bicyclic) bond motifs is 1. The van der Waals surface area contributed by atoms with Gasteiger partial charge in [0.05, 0.1) is 18.2 Å². The monoisotopic (exact) mass is 461 g/mol. The fourth-order valence-corrected chi connectivity index (χ4v) is 4.72. The summed E-state index contributed by atoms with van der Waals surface area (Å²) in [5, 5.41) is 11.8. The molecule has 7 nitrogen and oxygen atoms in total. The third kappa shape index (κ3) is 4.47. The molecule has 0 radical (unpaired) electrons. The van der Waals surface area contributed by atoms with E-state index in [2.05, 4.69) is 27.9 Å². The molecule has 162 valence electrons. The van der Waals surface area contributed by atoms with Gasteiger partial charge in [0.2, 0.25) is 11.1 Å². The molecule has 0 fully saturated rings. The number of hydrogen-bond donors (Lipinski definition) is 2. The van der Waals surface area contributed by atoms with Gasteiger partial charge in [-0.2, -0.15) is 0 Å². The maximum absolute atomic E-state index is 13.2. The van der Waals surface area contributed by atoms with Crippen molar-refractivity contribution >= 4 is 35.0 Å². The Kier molecular flexibility index (Phi) is 6.33. The van der Waals surface area contributed by atoms with Crippen LogP contribution >= 0.6 is 23.4 Å². The van der Waals surface area contributed by atoms with E-state index in [1.165, 1.54) is 36.0 Å². The van der Waals surface area contributed by atoms with Crippen LogP contribution in [0.2, 0.25) is 5.02 Å². The van der Waals surface area contributed by atoms with E-state index in [1.54, 1.807) is 19.2 Å². The zero-order valence-corrected chi connectivity index (χ0v) is 18.5. The molecule has 2 heterocycles. The Labute approximate surface area is 188 Å². The van der Waals surface area contributed by atoms with Crippen LogP contribution in [0.25, 0.3) is 0 Å². The lowest BCUT2D eigenvalue weighted by Crippen LogP contribution is -2.41. The zero-order chi connectivity index (χ0) is 22.0. The number of halogens is 2. The summed E-state index contributed by atoms with van der Waals surface area (Å²) in [6, 6.07) is 10.7. The zero-order valence-electron chi connectivity index (χ0n) is 16.9. The van der Waals surface area contributed by atoms with Crippen molar-refractivity contribution < 1.29 is 13.9 Å². The summed E-state index contributed by atoms with van der Waals surface area (Å²) >= 11 is 7.67. The molecule has 0 spiro atoms. The Morgan fingerprint density at radius 1 is 1.29 bits per heavy atom. The summed E-state index contributed by atoms with van der Waals surface area (Å²) in [5.41, 5.74) is 4.72. The third-order valence-corrected chi connectivity index (χ3v) is 6.39. The summed E-state index contributed by atoms with van der Waals surface area (Å²) in [6.45, 7) is 2.07. The summed E-state index contributed by atoms with van der Waals surface area (Å²) < 4.78 is 20.3. The lowest BCUT2D eigenvalue weighted by Gasteiger charge is -2.33. The molecule has 10 heteroatoms. The van der Waals surface area contributed by atoms with Crippen LogP contribution in [0.5, 0.6) is 5.75 Å². The fraction of sp³-hybridized carbons (Fsp3) is 0.286. The van der Waals surface area contributed by atoms with Crippen molar-refractivity contribution in [2.24, 2.45) is 0 Å². The molecule has 0 unspecified atom stereocenters. The second-order valence-electron chi connectivity index (χ2n) is 7.02. The van der Waals surface area contributed by atoms with Crippen molar-refractivity contribution in [3.63, 3.8) is 0 Å². The van der Waals surface area contributed by atoms with E-state index >= 15 is 0 Å². The molecule has 1 aliphatic rings. The first-order valence-corrected chi connectivity index (χ1v) is 11.0. The van der Waals surface area contributed by atoms with Crippen LogP contribution in [-0.2, 0) is 11.2 Å². The number of aryl methyl sites for hydroxylation is 1. The van der Waals surface area contributed by atoms with Gasteiger partial charge < -0.3 is 15.5 Å². The molecule has 2 atom stereocenters. The van der Waals surface area contributed by atoms with E-state index in [0.717, 1.165) is 24.2 Å². The Bertz CT molecular complexity index is 1090. The maximum Gasteiger partial charge on any atom is 0.240 e. The average molecular weight is 462 g/mol. The smallest absolute Gasteiger partial charge is 0.240 e. The number of amides is 1. The second-order valence-corrected chi connectivity index (χ2v) is 8.54. The minimum Gasteiger partial charge on any atom is -0.495 e. The molecule has 0 bridgehead atoms. The number of methoxy groups -OCH3 is 1. The van der Waals surface area contributed by atoms with Crippen LogP contribution in [0, 0.1) is 5.82 Å². The van der Waals surface area contributed by atoms with Crippen LogP contribution in [0.4, 0.5) is 10.1 Å². The van der Waals surface area contributed by atoms with Gasteiger partial charge in [-0.15, -0.1) is 10.2 Å². The molecule has 0 aliphatic carbocycles. The van der Waals surface area contributed by atoms with Crippen LogP contribution in [0.3, 0.4) is 0 Å². The van der Waals surface area contributed by atoms with Gasteiger partial charge >= 0.3 is 0 Å². The molecule has 1 aliphatic heterocycles. The van der Waals surface area contributed by atoms with E-state index in [0.29, 0.717) is 21.6 Å². The number of carbonyl (C=O) groups is 1. The number of thioether (sulfide) groups is 1. The summed E-state index contributed by atoms with van der Waals surface area (Å²) in [6.07, 6.45) is 1.67. The van der Waals surface area contributed by atoms with Gasteiger partial charge in [0.15, 0.2) is 5.82 Å². The largest absolute Gasteiger partial charge is 0.495 e. The molecular formula is C21H21ClFN5O2S. The van der Waals surface area contributed by atoms with Crippen LogP contribution in [-0.4, -0.2) is 33.1 Å². The van der Waals surface area contributed by atoms with Gasteiger partial charge in [0.25, 0.3) is 0 Å². The molecule has 3 aromatic rings.